The molecule has 5 nitrogen and oxygen atoms in total. The second kappa shape index (κ2) is 8.53. The Labute approximate surface area is 164 Å². The molecule has 134 valence electrons. The third-order valence-electron chi connectivity index (χ3n) is 3.35. The Morgan fingerprint density at radius 2 is 2.04 bits per heavy atom. The molecule has 0 saturated heterocycles. The summed E-state index contributed by atoms with van der Waals surface area (Å²) in [5, 5.41) is 6.80. The van der Waals surface area contributed by atoms with Crippen LogP contribution in [0.3, 0.4) is 0 Å². The molecule has 0 unspecified atom stereocenters. The number of rotatable bonds is 6. The molecule has 0 saturated carbocycles. The van der Waals surface area contributed by atoms with E-state index in [0.717, 1.165) is 15.8 Å². The van der Waals surface area contributed by atoms with Gasteiger partial charge in [-0.25, -0.2) is 4.98 Å². The Balaban J connectivity index is 1.56. The third-order valence-corrected chi connectivity index (χ3v) is 5.52. The quantitative estimate of drug-likeness (QED) is 0.619. The number of thioether (sulfide) groups is 1. The van der Waals surface area contributed by atoms with Crippen LogP contribution in [0.15, 0.2) is 42.5 Å². The van der Waals surface area contributed by atoms with Crippen molar-refractivity contribution < 1.29 is 9.59 Å². The van der Waals surface area contributed by atoms with Crippen LogP contribution in [0.1, 0.15) is 12.5 Å². The van der Waals surface area contributed by atoms with E-state index in [2.05, 4.69) is 15.6 Å². The van der Waals surface area contributed by atoms with E-state index in [4.69, 9.17) is 11.6 Å². The van der Waals surface area contributed by atoms with Crippen molar-refractivity contribution >= 4 is 67.5 Å². The highest BCUT2D eigenvalue weighted by atomic mass is 35.5. The van der Waals surface area contributed by atoms with Gasteiger partial charge in [-0.3, -0.25) is 9.59 Å². The summed E-state index contributed by atoms with van der Waals surface area (Å²) in [6.45, 7) is 1.46. The highest BCUT2D eigenvalue weighted by Crippen LogP contribution is 2.28. The fraction of sp³-hybridized carbons (Fsp3) is 0.167. The summed E-state index contributed by atoms with van der Waals surface area (Å²) in [4.78, 5) is 27.6. The molecule has 1 aromatic heterocycles. The first-order valence-electron chi connectivity index (χ1n) is 7.80. The summed E-state index contributed by atoms with van der Waals surface area (Å²) in [5.74, 6) is 0.824. The molecule has 2 amide bonds. The third kappa shape index (κ3) is 5.20. The number of thiazole rings is 1. The first kappa shape index (κ1) is 18.7. The van der Waals surface area contributed by atoms with Gasteiger partial charge in [-0.1, -0.05) is 35.1 Å². The maximum Gasteiger partial charge on any atom is 0.236 e. The second-order valence-electron chi connectivity index (χ2n) is 5.55. The van der Waals surface area contributed by atoms with Crippen molar-refractivity contribution in [2.24, 2.45) is 0 Å². The summed E-state index contributed by atoms with van der Waals surface area (Å²) in [5.41, 5.74) is 2.58. The number of hydrogen-bond donors (Lipinski definition) is 2. The fourth-order valence-corrected chi connectivity index (χ4v) is 4.21. The van der Waals surface area contributed by atoms with Crippen LogP contribution in [-0.4, -0.2) is 22.6 Å². The molecular weight excluding hydrogens is 390 g/mol. The number of benzene rings is 2. The van der Waals surface area contributed by atoms with Crippen LogP contribution >= 0.6 is 34.7 Å². The van der Waals surface area contributed by atoms with Crippen LogP contribution in [0.5, 0.6) is 0 Å². The summed E-state index contributed by atoms with van der Waals surface area (Å²) in [7, 11) is 0. The van der Waals surface area contributed by atoms with Gasteiger partial charge in [0.05, 0.1) is 16.0 Å². The molecule has 3 rings (SSSR count). The maximum absolute atomic E-state index is 12.1. The molecule has 3 aromatic rings. The predicted octanol–water partition coefficient (Wildman–Crippen LogP) is 4.78. The smallest absolute Gasteiger partial charge is 0.236 e. The topological polar surface area (TPSA) is 71.1 Å². The molecule has 1 heterocycles. The molecule has 2 N–H and O–H groups in total. The Morgan fingerprint density at radius 1 is 1.19 bits per heavy atom. The van der Waals surface area contributed by atoms with E-state index in [9.17, 15) is 9.59 Å². The number of hydrogen-bond acceptors (Lipinski definition) is 5. The molecule has 26 heavy (non-hydrogen) atoms. The predicted molar refractivity (Wildman–Crippen MR) is 110 cm³/mol. The second-order valence-corrected chi connectivity index (χ2v) is 8.01. The van der Waals surface area contributed by atoms with Crippen molar-refractivity contribution in [3.05, 3.63) is 53.1 Å². The first-order valence-corrected chi connectivity index (χ1v) is 10.1. The summed E-state index contributed by atoms with van der Waals surface area (Å²) >= 11 is 8.85. The normalized spacial score (nSPS) is 10.7. The number of anilines is 2. The zero-order valence-corrected chi connectivity index (χ0v) is 16.3. The first-order chi connectivity index (χ1) is 12.5. The average molecular weight is 406 g/mol. The van der Waals surface area contributed by atoms with Gasteiger partial charge in [-0.15, -0.1) is 11.8 Å². The number of nitrogens with one attached hydrogen (secondary N) is 2. The lowest BCUT2D eigenvalue weighted by Gasteiger charge is -2.03. The van der Waals surface area contributed by atoms with Crippen LogP contribution in [-0.2, 0) is 15.3 Å². The van der Waals surface area contributed by atoms with Gasteiger partial charge in [-0.2, -0.15) is 0 Å². The van der Waals surface area contributed by atoms with E-state index >= 15 is 0 Å². The number of carbonyl (C=O) groups is 2. The Morgan fingerprint density at radius 3 is 2.81 bits per heavy atom. The molecule has 0 bridgehead atoms. The molecule has 0 spiro atoms. The highest BCUT2D eigenvalue weighted by Gasteiger charge is 2.09. The van der Waals surface area contributed by atoms with E-state index in [0.29, 0.717) is 27.3 Å². The molecule has 0 radical (unpaired) electrons. The van der Waals surface area contributed by atoms with Crippen molar-refractivity contribution in [2.75, 3.05) is 16.4 Å². The minimum Gasteiger partial charge on any atom is -0.326 e. The van der Waals surface area contributed by atoms with E-state index in [1.54, 1.807) is 6.07 Å². The average Bonchev–Trinajstić information content (AvgIpc) is 2.95. The lowest BCUT2D eigenvalue weighted by Crippen LogP contribution is -2.13. The molecule has 0 atom stereocenters. The van der Waals surface area contributed by atoms with E-state index in [1.165, 1.54) is 30.0 Å². The zero-order valence-electron chi connectivity index (χ0n) is 13.9. The summed E-state index contributed by atoms with van der Waals surface area (Å²) in [6, 6.07) is 13.1. The van der Waals surface area contributed by atoms with Gasteiger partial charge in [0.15, 0.2) is 5.13 Å². The molecule has 0 fully saturated rings. The van der Waals surface area contributed by atoms with Gasteiger partial charge >= 0.3 is 0 Å². The van der Waals surface area contributed by atoms with Gasteiger partial charge in [0.1, 0.15) is 0 Å². The minimum atomic E-state index is -0.126. The highest BCUT2D eigenvalue weighted by molar-refractivity contribution is 7.99. The maximum atomic E-state index is 12.1. The molecule has 8 heteroatoms. The minimum absolute atomic E-state index is 0.0989. The van der Waals surface area contributed by atoms with Crippen molar-refractivity contribution in [1.29, 1.82) is 0 Å². The molecule has 0 aliphatic heterocycles. The van der Waals surface area contributed by atoms with Gasteiger partial charge in [-0.05, 0) is 35.9 Å². The van der Waals surface area contributed by atoms with Crippen LogP contribution in [0, 0.1) is 0 Å². The molecule has 0 aliphatic rings. The van der Waals surface area contributed by atoms with Gasteiger partial charge in [0, 0.05) is 23.4 Å². The van der Waals surface area contributed by atoms with E-state index in [-0.39, 0.29) is 11.8 Å². The van der Waals surface area contributed by atoms with Crippen LogP contribution in [0.2, 0.25) is 5.02 Å². The SMILES string of the molecule is CC(=O)Nc1ccc2nc(NC(=O)CSCc3cccc(Cl)c3)sc2c1. The number of amides is 2. The van der Waals surface area contributed by atoms with Crippen molar-refractivity contribution in [2.45, 2.75) is 12.7 Å². The van der Waals surface area contributed by atoms with E-state index in [1.807, 2.05) is 36.4 Å². The monoisotopic (exact) mass is 405 g/mol. The van der Waals surface area contributed by atoms with Gasteiger partial charge < -0.3 is 10.6 Å². The van der Waals surface area contributed by atoms with Crippen LogP contribution in [0.4, 0.5) is 10.8 Å². The van der Waals surface area contributed by atoms with E-state index < -0.39 is 0 Å². The Bertz CT molecular complexity index is 959. The van der Waals surface area contributed by atoms with Crippen molar-refractivity contribution in [3.8, 4) is 0 Å². The standard InChI is InChI=1S/C18H16ClN3O2S2/c1-11(23)20-14-5-6-15-16(8-14)26-18(21-15)22-17(24)10-25-9-12-3-2-4-13(19)7-12/h2-8H,9-10H2,1H3,(H,20,23)(H,21,22,24). The Hall–Kier alpha value is -2.09. The Kier molecular flexibility index (Phi) is 6.13. The number of aromatic nitrogens is 1. The van der Waals surface area contributed by atoms with Crippen molar-refractivity contribution in [1.82, 2.24) is 4.98 Å². The molecular formula is C18H16ClN3O2S2. The zero-order chi connectivity index (χ0) is 18.5. The summed E-state index contributed by atoms with van der Waals surface area (Å²) < 4.78 is 0.901. The lowest BCUT2D eigenvalue weighted by molar-refractivity contribution is -0.114. The largest absolute Gasteiger partial charge is 0.326 e. The number of carbonyl (C=O) groups excluding carboxylic acids is 2. The van der Waals surface area contributed by atoms with Gasteiger partial charge in [0.25, 0.3) is 0 Å². The summed E-state index contributed by atoms with van der Waals surface area (Å²) in [6.07, 6.45) is 0. The van der Waals surface area contributed by atoms with Gasteiger partial charge in [0.2, 0.25) is 11.8 Å². The number of fused-ring (bicyclic) bond motifs is 1. The lowest BCUT2D eigenvalue weighted by atomic mass is 10.2. The van der Waals surface area contributed by atoms with Crippen molar-refractivity contribution in [3.63, 3.8) is 0 Å². The molecule has 2 aromatic carbocycles. The number of halogens is 1. The van der Waals surface area contributed by atoms with Crippen LogP contribution in [0.25, 0.3) is 10.2 Å². The number of nitrogens with zero attached hydrogens (tertiary/aromatic N) is 1. The fourth-order valence-electron chi connectivity index (χ4n) is 2.30. The molecule has 0 aliphatic carbocycles. The van der Waals surface area contributed by atoms with Crippen LogP contribution < -0.4 is 10.6 Å².